The second-order valence-electron chi connectivity index (χ2n) is 5.63. The molecule has 1 N–H and O–H groups in total. The Balaban J connectivity index is 1.50. The van der Waals surface area contributed by atoms with Crippen molar-refractivity contribution in [2.24, 2.45) is 5.92 Å². The van der Waals surface area contributed by atoms with E-state index in [1.807, 2.05) is 24.3 Å². The highest BCUT2D eigenvalue weighted by Gasteiger charge is 2.25. The minimum Gasteiger partial charge on any atom is -0.355 e. The third kappa shape index (κ3) is 3.99. The second-order valence-corrected chi connectivity index (χ2v) is 6.04. The van der Waals surface area contributed by atoms with Crippen LogP contribution in [0.1, 0.15) is 18.4 Å². The molecule has 2 heterocycles. The SMILES string of the molecule is O=C(NCc1ccccc1Cl)C1CCN(c2cnccn2)CC1. The quantitative estimate of drug-likeness (QED) is 0.936. The summed E-state index contributed by atoms with van der Waals surface area (Å²) in [5, 5.41) is 3.68. The van der Waals surface area contributed by atoms with E-state index in [0.29, 0.717) is 11.6 Å². The number of amides is 1. The van der Waals surface area contributed by atoms with Crippen molar-refractivity contribution in [2.45, 2.75) is 19.4 Å². The highest BCUT2D eigenvalue weighted by molar-refractivity contribution is 6.31. The summed E-state index contributed by atoms with van der Waals surface area (Å²) in [7, 11) is 0. The molecule has 1 aromatic heterocycles. The van der Waals surface area contributed by atoms with E-state index in [0.717, 1.165) is 37.3 Å². The first kappa shape index (κ1) is 15.7. The van der Waals surface area contributed by atoms with Crippen molar-refractivity contribution in [3.63, 3.8) is 0 Å². The Morgan fingerprint density at radius 1 is 1.26 bits per heavy atom. The molecule has 0 atom stereocenters. The van der Waals surface area contributed by atoms with Gasteiger partial charge in [0.15, 0.2) is 0 Å². The molecular weight excluding hydrogens is 312 g/mol. The number of halogens is 1. The molecule has 1 aromatic carbocycles. The average molecular weight is 331 g/mol. The fraction of sp³-hybridized carbons (Fsp3) is 0.353. The van der Waals surface area contributed by atoms with Crippen molar-refractivity contribution < 1.29 is 4.79 Å². The number of nitrogens with zero attached hydrogens (tertiary/aromatic N) is 3. The summed E-state index contributed by atoms with van der Waals surface area (Å²) in [4.78, 5) is 22.9. The zero-order valence-corrected chi connectivity index (χ0v) is 13.5. The molecule has 0 radical (unpaired) electrons. The van der Waals surface area contributed by atoms with Crippen molar-refractivity contribution in [2.75, 3.05) is 18.0 Å². The molecule has 1 amide bonds. The van der Waals surface area contributed by atoms with Crippen molar-refractivity contribution in [3.05, 3.63) is 53.4 Å². The molecule has 0 unspecified atom stereocenters. The Bertz CT molecular complexity index is 657. The molecule has 1 aliphatic rings. The fourth-order valence-corrected chi connectivity index (χ4v) is 3.00. The van der Waals surface area contributed by atoms with Crippen LogP contribution in [-0.2, 0) is 11.3 Å². The lowest BCUT2D eigenvalue weighted by Gasteiger charge is -2.31. The maximum Gasteiger partial charge on any atom is 0.223 e. The number of carbonyl (C=O) groups is 1. The van der Waals surface area contributed by atoms with Gasteiger partial charge < -0.3 is 10.2 Å². The molecule has 2 aromatic rings. The molecule has 5 nitrogen and oxygen atoms in total. The number of anilines is 1. The van der Waals surface area contributed by atoms with Crippen LogP contribution in [0.25, 0.3) is 0 Å². The van der Waals surface area contributed by atoms with E-state index in [1.165, 1.54) is 0 Å². The molecule has 0 bridgehead atoms. The molecule has 6 heteroatoms. The van der Waals surface area contributed by atoms with Crippen LogP contribution in [-0.4, -0.2) is 29.0 Å². The Morgan fingerprint density at radius 3 is 2.74 bits per heavy atom. The van der Waals surface area contributed by atoms with E-state index in [9.17, 15) is 4.79 Å². The zero-order chi connectivity index (χ0) is 16.1. The summed E-state index contributed by atoms with van der Waals surface area (Å²) in [6.45, 7) is 2.12. The topological polar surface area (TPSA) is 58.1 Å². The lowest BCUT2D eigenvalue weighted by Crippen LogP contribution is -2.40. The van der Waals surface area contributed by atoms with Gasteiger partial charge in [0.05, 0.1) is 6.20 Å². The maximum atomic E-state index is 12.3. The first-order chi connectivity index (χ1) is 11.2. The molecule has 1 aliphatic heterocycles. The molecule has 1 saturated heterocycles. The van der Waals surface area contributed by atoms with E-state index in [4.69, 9.17) is 11.6 Å². The third-order valence-corrected chi connectivity index (χ3v) is 4.52. The lowest BCUT2D eigenvalue weighted by molar-refractivity contribution is -0.125. The normalized spacial score (nSPS) is 15.4. The van der Waals surface area contributed by atoms with Crippen LogP contribution in [0.15, 0.2) is 42.9 Å². The van der Waals surface area contributed by atoms with E-state index in [2.05, 4.69) is 20.2 Å². The average Bonchev–Trinajstić information content (AvgIpc) is 2.62. The summed E-state index contributed by atoms with van der Waals surface area (Å²) in [5.74, 6) is 1.02. The van der Waals surface area contributed by atoms with Gasteiger partial charge in [-0.1, -0.05) is 29.8 Å². The number of benzene rings is 1. The number of nitrogens with one attached hydrogen (secondary N) is 1. The van der Waals surface area contributed by atoms with Crippen LogP contribution in [0.4, 0.5) is 5.82 Å². The van der Waals surface area contributed by atoms with Crippen LogP contribution in [0.5, 0.6) is 0 Å². The monoisotopic (exact) mass is 330 g/mol. The van der Waals surface area contributed by atoms with Gasteiger partial charge in [0.25, 0.3) is 0 Å². The van der Waals surface area contributed by atoms with Crippen LogP contribution >= 0.6 is 11.6 Å². The number of carbonyl (C=O) groups excluding carboxylic acids is 1. The van der Waals surface area contributed by atoms with Crippen molar-refractivity contribution in [3.8, 4) is 0 Å². The van der Waals surface area contributed by atoms with Gasteiger partial charge in [0.2, 0.25) is 5.91 Å². The standard InChI is InChI=1S/C17H19ClN4O/c18-15-4-2-1-3-14(15)11-21-17(23)13-5-9-22(10-6-13)16-12-19-7-8-20-16/h1-4,7-8,12-13H,5-6,9-11H2,(H,21,23). The van der Waals surface area contributed by atoms with Crippen LogP contribution in [0.3, 0.4) is 0 Å². The minimum atomic E-state index is 0.0467. The predicted molar refractivity (Wildman–Crippen MR) is 90.3 cm³/mol. The Kier molecular flexibility index (Phi) is 5.08. The molecule has 1 fully saturated rings. The smallest absolute Gasteiger partial charge is 0.223 e. The fourth-order valence-electron chi connectivity index (χ4n) is 2.79. The molecule has 0 spiro atoms. The third-order valence-electron chi connectivity index (χ3n) is 4.15. The summed E-state index contributed by atoms with van der Waals surface area (Å²) >= 11 is 6.11. The van der Waals surface area contributed by atoms with Gasteiger partial charge in [0, 0.05) is 43.0 Å². The molecule has 23 heavy (non-hydrogen) atoms. The summed E-state index contributed by atoms with van der Waals surface area (Å²) in [6, 6.07) is 7.57. The molecular formula is C17H19ClN4O. The Morgan fingerprint density at radius 2 is 2.04 bits per heavy atom. The van der Waals surface area contributed by atoms with Gasteiger partial charge in [-0.3, -0.25) is 9.78 Å². The number of piperidine rings is 1. The second kappa shape index (κ2) is 7.42. The number of aromatic nitrogens is 2. The molecule has 120 valence electrons. The zero-order valence-electron chi connectivity index (χ0n) is 12.8. The highest BCUT2D eigenvalue weighted by atomic mass is 35.5. The van der Waals surface area contributed by atoms with E-state index in [1.54, 1.807) is 18.6 Å². The summed E-state index contributed by atoms with van der Waals surface area (Å²) < 4.78 is 0. The summed E-state index contributed by atoms with van der Waals surface area (Å²) in [5.41, 5.74) is 0.944. The molecule has 3 rings (SSSR count). The first-order valence-corrected chi connectivity index (χ1v) is 8.14. The number of hydrogen-bond donors (Lipinski definition) is 1. The minimum absolute atomic E-state index is 0.0467. The summed E-state index contributed by atoms with van der Waals surface area (Å²) in [6.07, 6.45) is 6.77. The van der Waals surface area contributed by atoms with Gasteiger partial charge >= 0.3 is 0 Å². The van der Waals surface area contributed by atoms with Gasteiger partial charge in [-0.05, 0) is 24.5 Å². The maximum absolute atomic E-state index is 12.3. The highest BCUT2D eigenvalue weighted by Crippen LogP contribution is 2.21. The molecule has 0 aliphatic carbocycles. The largest absolute Gasteiger partial charge is 0.355 e. The van der Waals surface area contributed by atoms with Gasteiger partial charge in [-0.25, -0.2) is 4.98 Å². The van der Waals surface area contributed by atoms with Crippen LogP contribution in [0, 0.1) is 5.92 Å². The van der Waals surface area contributed by atoms with Crippen LogP contribution < -0.4 is 10.2 Å². The lowest BCUT2D eigenvalue weighted by atomic mass is 9.96. The van der Waals surface area contributed by atoms with Crippen LogP contribution in [0.2, 0.25) is 5.02 Å². The Labute approximate surface area is 140 Å². The van der Waals surface area contributed by atoms with Crippen molar-refractivity contribution in [1.82, 2.24) is 15.3 Å². The van der Waals surface area contributed by atoms with Gasteiger partial charge in [-0.2, -0.15) is 0 Å². The van der Waals surface area contributed by atoms with E-state index in [-0.39, 0.29) is 11.8 Å². The predicted octanol–water partition coefficient (Wildman–Crippen LogP) is 2.66. The molecule has 0 saturated carbocycles. The van der Waals surface area contributed by atoms with E-state index < -0.39 is 0 Å². The Hall–Kier alpha value is -2.14. The van der Waals surface area contributed by atoms with Crippen molar-refractivity contribution in [1.29, 1.82) is 0 Å². The van der Waals surface area contributed by atoms with Gasteiger partial charge in [0.1, 0.15) is 5.82 Å². The van der Waals surface area contributed by atoms with E-state index >= 15 is 0 Å². The number of rotatable bonds is 4. The van der Waals surface area contributed by atoms with Crippen molar-refractivity contribution >= 4 is 23.3 Å². The number of hydrogen-bond acceptors (Lipinski definition) is 4. The van der Waals surface area contributed by atoms with Gasteiger partial charge in [-0.15, -0.1) is 0 Å². The first-order valence-electron chi connectivity index (χ1n) is 7.76.